The number of likely N-dealkylation sites (N-methyl/N-ethyl adjacent to an activating group) is 1. The zero-order valence-electron chi connectivity index (χ0n) is 15.1. The van der Waals surface area contributed by atoms with Crippen LogP contribution in [0.2, 0.25) is 0 Å². The van der Waals surface area contributed by atoms with E-state index in [1.165, 1.54) is 7.11 Å². The fourth-order valence-corrected chi connectivity index (χ4v) is 2.58. The number of amidine groups is 1. The number of carbonyl (C=O) groups excluding carboxylic acids is 2. The lowest BCUT2D eigenvalue weighted by Crippen LogP contribution is -2.44. The van der Waals surface area contributed by atoms with Crippen molar-refractivity contribution in [3.05, 3.63) is 54.1 Å². The lowest BCUT2D eigenvalue weighted by Gasteiger charge is -2.27. The number of benzene rings is 2. The smallest absolute Gasteiger partial charge is 0.308 e. The number of halogens is 1. The Hall–Kier alpha value is -3.06. The highest BCUT2D eigenvalue weighted by Crippen LogP contribution is 2.24. The number of hydrogen-bond donors (Lipinski definition) is 3. The van der Waals surface area contributed by atoms with E-state index in [0.29, 0.717) is 5.56 Å². The molecule has 5 N–H and O–H groups in total. The molecule has 2 aromatic rings. The summed E-state index contributed by atoms with van der Waals surface area (Å²) in [6.07, 6.45) is -0.114. The molecule has 1 amide bonds. The van der Waals surface area contributed by atoms with E-state index in [-0.39, 0.29) is 24.7 Å². The Morgan fingerprint density at radius 3 is 1.93 bits per heavy atom. The first kappa shape index (κ1) is 22.0. The summed E-state index contributed by atoms with van der Waals surface area (Å²) in [6.45, 7) is 0. The standard InChI is InChI=1S/C19H22N4O3.ClH/c1-23(16(19(22)25)11-17(24)26-2)15-9-7-13(8-10-15)12-3-5-14(6-4-12)18(20)21;/h3-10,16H,11H2,1-2H3,(H3,20,21)(H2,22,25);1H. The monoisotopic (exact) mass is 390 g/mol. The first-order valence-electron chi connectivity index (χ1n) is 7.97. The second-order valence-electron chi connectivity index (χ2n) is 5.85. The van der Waals surface area contributed by atoms with Gasteiger partial charge in [0.15, 0.2) is 0 Å². The SMILES string of the molecule is COC(=O)CC(C(N)=O)N(C)c1ccc(-c2ccc(C(=N)N)cc2)cc1.Cl. The van der Waals surface area contributed by atoms with E-state index in [0.717, 1.165) is 16.8 Å². The minimum atomic E-state index is -0.789. The van der Waals surface area contributed by atoms with Crippen LogP contribution in [0.3, 0.4) is 0 Å². The van der Waals surface area contributed by atoms with Crippen LogP contribution >= 0.6 is 12.4 Å². The van der Waals surface area contributed by atoms with Crippen LogP contribution in [0, 0.1) is 5.41 Å². The summed E-state index contributed by atoms with van der Waals surface area (Å²) in [5.74, 6) is -1.07. The number of hydrogen-bond acceptors (Lipinski definition) is 5. The molecule has 0 saturated heterocycles. The second-order valence-corrected chi connectivity index (χ2v) is 5.85. The number of esters is 1. The number of methoxy groups -OCH3 is 1. The van der Waals surface area contributed by atoms with Crippen molar-refractivity contribution >= 4 is 35.8 Å². The fourth-order valence-electron chi connectivity index (χ4n) is 2.58. The zero-order valence-corrected chi connectivity index (χ0v) is 16.0. The molecule has 8 heteroatoms. The normalized spacial score (nSPS) is 11.0. The van der Waals surface area contributed by atoms with E-state index in [4.69, 9.17) is 16.9 Å². The maximum Gasteiger partial charge on any atom is 0.308 e. The van der Waals surface area contributed by atoms with Crippen LogP contribution in [0.5, 0.6) is 0 Å². The Kier molecular flexibility index (Phi) is 7.80. The predicted octanol–water partition coefficient (Wildman–Crippen LogP) is 1.91. The number of rotatable bonds is 7. The summed E-state index contributed by atoms with van der Waals surface area (Å²) in [6, 6.07) is 14.1. The minimum Gasteiger partial charge on any atom is -0.469 e. The van der Waals surface area contributed by atoms with Crippen molar-refractivity contribution in [2.45, 2.75) is 12.5 Å². The van der Waals surface area contributed by atoms with Gasteiger partial charge >= 0.3 is 5.97 Å². The first-order valence-corrected chi connectivity index (χ1v) is 7.97. The quantitative estimate of drug-likeness (QED) is 0.378. The maximum atomic E-state index is 11.7. The van der Waals surface area contributed by atoms with E-state index >= 15 is 0 Å². The molecule has 7 nitrogen and oxygen atoms in total. The molecule has 0 aliphatic rings. The van der Waals surface area contributed by atoms with Gasteiger partial charge in [-0.25, -0.2) is 0 Å². The summed E-state index contributed by atoms with van der Waals surface area (Å²) in [5, 5.41) is 7.42. The summed E-state index contributed by atoms with van der Waals surface area (Å²) in [4.78, 5) is 24.8. The molecule has 1 atom stereocenters. The molecule has 0 saturated carbocycles. The lowest BCUT2D eigenvalue weighted by atomic mass is 10.0. The number of nitrogens with zero attached hydrogens (tertiary/aromatic N) is 1. The van der Waals surface area contributed by atoms with Crippen LogP contribution in [-0.2, 0) is 14.3 Å². The van der Waals surface area contributed by atoms with Gasteiger partial charge in [0.05, 0.1) is 13.5 Å². The summed E-state index contributed by atoms with van der Waals surface area (Å²) in [5.41, 5.74) is 14.2. The molecule has 144 valence electrons. The Morgan fingerprint density at radius 1 is 1.04 bits per heavy atom. The third-order valence-electron chi connectivity index (χ3n) is 4.19. The number of ether oxygens (including phenoxy) is 1. The Balaban J connectivity index is 0.00000364. The van der Waals surface area contributed by atoms with Gasteiger partial charge in [-0.3, -0.25) is 15.0 Å². The molecule has 0 aliphatic heterocycles. The number of nitrogens with two attached hydrogens (primary N) is 2. The number of nitrogen functional groups attached to an aromatic ring is 1. The maximum absolute atomic E-state index is 11.7. The van der Waals surface area contributed by atoms with E-state index < -0.39 is 17.9 Å². The van der Waals surface area contributed by atoms with Crippen LogP contribution < -0.4 is 16.4 Å². The van der Waals surface area contributed by atoms with Crippen molar-refractivity contribution < 1.29 is 14.3 Å². The highest BCUT2D eigenvalue weighted by molar-refractivity contribution is 5.95. The van der Waals surface area contributed by atoms with Crippen molar-refractivity contribution in [2.75, 3.05) is 19.1 Å². The molecule has 0 aliphatic carbocycles. The van der Waals surface area contributed by atoms with Gasteiger partial charge in [-0.05, 0) is 23.3 Å². The Bertz CT molecular complexity index is 807. The van der Waals surface area contributed by atoms with Gasteiger partial charge in [-0.2, -0.15) is 0 Å². The molecule has 0 fully saturated rings. The number of carbonyl (C=O) groups is 2. The van der Waals surface area contributed by atoms with Crippen LogP contribution in [0.4, 0.5) is 5.69 Å². The van der Waals surface area contributed by atoms with Crippen LogP contribution in [0.15, 0.2) is 48.5 Å². The number of amides is 1. The van der Waals surface area contributed by atoms with Crippen molar-refractivity contribution in [1.29, 1.82) is 5.41 Å². The summed E-state index contributed by atoms with van der Waals surface area (Å²) >= 11 is 0. The number of nitrogens with one attached hydrogen (secondary N) is 1. The van der Waals surface area contributed by atoms with Crippen molar-refractivity contribution in [1.82, 2.24) is 0 Å². The molecule has 1 unspecified atom stereocenters. The molecule has 0 spiro atoms. The van der Waals surface area contributed by atoms with E-state index in [2.05, 4.69) is 4.74 Å². The molecule has 0 radical (unpaired) electrons. The third-order valence-corrected chi connectivity index (χ3v) is 4.19. The van der Waals surface area contributed by atoms with Gasteiger partial charge in [-0.15, -0.1) is 12.4 Å². The minimum absolute atomic E-state index is 0. The topological polar surface area (TPSA) is 122 Å². The molecule has 2 aromatic carbocycles. The van der Waals surface area contributed by atoms with Crippen molar-refractivity contribution in [3.8, 4) is 11.1 Å². The predicted molar refractivity (Wildman–Crippen MR) is 108 cm³/mol. The van der Waals surface area contributed by atoms with E-state index in [1.54, 1.807) is 24.1 Å². The van der Waals surface area contributed by atoms with Gasteiger partial charge in [0.2, 0.25) is 5.91 Å². The molecule has 2 rings (SSSR count). The number of primary amides is 1. The van der Waals surface area contributed by atoms with Gasteiger partial charge in [-0.1, -0.05) is 36.4 Å². The largest absolute Gasteiger partial charge is 0.469 e. The molecule has 0 bridgehead atoms. The zero-order chi connectivity index (χ0) is 19.3. The average molecular weight is 391 g/mol. The summed E-state index contributed by atoms with van der Waals surface area (Å²) < 4.78 is 4.62. The first-order chi connectivity index (χ1) is 12.3. The van der Waals surface area contributed by atoms with Gasteiger partial charge in [0.25, 0.3) is 0 Å². The van der Waals surface area contributed by atoms with Crippen LogP contribution in [0.1, 0.15) is 12.0 Å². The molecular formula is C19H23ClN4O3. The van der Waals surface area contributed by atoms with Crippen molar-refractivity contribution in [2.24, 2.45) is 11.5 Å². The highest BCUT2D eigenvalue weighted by atomic mass is 35.5. The van der Waals surface area contributed by atoms with E-state index in [1.807, 2.05) is 36.4 Å². The van der Waals surface area contributed by atoms with Gasteiger partial charge < -0.3 is 21.1 Å². The van der Waals surface area contributed by atoms with E-state index in [9.17, 15) is 9.59 Å². The van der Waals surface area contributed by atoms with Crippen molar-refractivity contribution in [3.63, 3.8) is 0 Å². The highest BCUT2D eigenvalue weighted by Gasteiger charge is 2.24. The van der Waals surface area contributed by atoms with Gasteiger partial charge in [0, 0.05) is 18.3 Å². The third kappa shape index (κ3) is 5.46. The fraction of sp³-hybridized carbons (Fsp3) is 0.211. The second kappa shape index (κ2) is 9.59. The van der Waals surface area contributed by atoms with Crippen LogP contribution in [-0.4, -0.2) is 37.9 Å². The molecule has 27 heavy (non-hydrogen) atoms. The van der Waals surface area contributed by atoms with Crippen LogP contribution in [0.25, 0.3) is 11.1 Å². The molecule has 0 heterocycles. The Morgan fingerprint density at radius 2 is 1.52 bits per heavy atom. The Labute approximate surface area is 164 Å². The lowest BCUT2D eigenvalue weighted by molar-refractivity contribution is -0.142. The van der Waals surface area contributed by atoms with Gasteiger partial charge in [0.1, 0.15) is 11.9 Å². The molecular weight excluding hydrogens is 368 g/mol. The summed E-state index contributed by atoms with van der Waals surface area (Å²) in [7, 11) is 2.97. The number of anilines is 1. The average Bonchev–Trinajstić information content (AvgIpc) is 2.65. The molecule has 0 aromatic heterocycles.